The Bertz CT molecular complexity index is 373. The molecule has 94 valence electrons. The summed E-state index contributed by atoms with van der Waals surface area (Å²) in [6, 6.07) is 7.50. The number of hydrogen-bond donors (Lipinski definition) is 1. The van der Waals surface area contributed by atoms with Crippen molar-refractivity contribution in [1.29, 1.82) is 0 Å². The monoisotopic (exact) mass is 232 g/mol. The highest BCUT2D eigenvalue weighted by atomic mass is 15.1. The second-order valence-electron chi connectivity index (χ2n) is 5.27. The van der Waals surface area contributed by atoms with E-state index in [4.69, 9.17) is 5.73 Å². The molecule has 2 N–H and O–H groups in total. The molecule has 0 amide bonds. The summed E-state index contributed by atoms with van der Waals surface area (Å²) >= 11 is 0. The number of benzene rings is 1. The minimum absolute atomic E-state index is 0.476. The SMILES string of the molecule is CC(CN)N(C)CCc1ccc2c(c1)CCC2. The van der Waals surface area contributed by atoms with Crippen LogP contribution in [-0.2, 0) is 19.3 Å². The van der Waals surface area contributed by atoms with E-state index in [9.17, 15) is 0 Å². The van der Waals surface area contributed by atoms with Gasteiger partial charge < -0.3 is 10.6 Å². The Kier molecular flexibility index (Phi) is 4.19. The van der Waals surface area contributed by atoms with E-state index in [2.05, 4.69) is 37.1 Å². The third kappa shape index (κ3) is 3.08. The van der Waals surface area contributed by atoms with Crippen LogP contribution >= 0.6 is 0 Å². The van der Waals surface area contributed by atoms with E-state index in [0.717, 1.165) is 19.5 Å². The maximum atomic E-state index is 5.67. The first-order valence-electron chi connectivity index (χ1n) is 6.71. The van der Waals surface area contributed by atoms with E-state index in [-0.39, 0.29) is 0 Å². The highest BCUT2D eigenvalue weighted by Gasteiger charge is 2.11. The van der Waals surface area contributed by atoms with E-state index in [0.29, 0.717) is 6.04 Å². The van der Waals surface area contributed by atoms with E-state index in [1.54, 1.807) is 11.1 Å². The van der Waals surface area contributed by atoms with Gasteiger partial charge in [-0.2, -0.15) is 0 Å². The molecule has 1 aromatic rings. The fraction of sp³-hybridized carbons (Fsp3) is 0.600. The molecule has 0 radical (unpaired) electrons. The van der Waals surface area contributed by atoms with Crippen molar-refractivity contribution >= 4 is 0 Å². The van der Waals surface area contributed by atoms with Gasteiger partial charge in [-0.1, -0.05) is 18.2 Å². The standard InChI is InChI=1S/C15H24N2/c1-12(11-16)17(2)9-8-13-6-7-14-4-3-5-15(14)10-13/h6-7,10,12H,3-5,8-9,11,16H2,1-2H3. The Hall–Kier alpha value is -0.860. The van der Waals surface area contributed by atoms with Crippen LogP contribution in [0.4, 0.5) is 0 Å². The molecule has 1 aliphatic carbocycles. The Morgan fingerprint density at radius 1 is 1.29 bits per heavy atom. The van der Waals surface area contributed by atoms with Crippen LogP contribution < -0.4 is 5.73 Å². The lowest BCUT2D eigenvalue weighted by Gasteiger charge is -2.23. The van der Waals surface area contributed by atoms with Crippen LogP contribution in [0.15, 0.2) is 18.2 Å². The van der Waals surface area contributed by atoms with E-state index in [1.807, 2.05) is 0 Å². The largest absolute Gasteiger partial charge is 0.329 e. The smallest absolute Gasteiger partial charge is 0.0187 e. The summed E-state index contributed by atoms with van der Waals surface area (Å²) < 4.78 is 0. The zero-order valence-electron chi connectivity index (χ0n) is 11.1. The molecule has 0 aliphatic heterocycles. The fourth-order valence-electron chi connectivity index (χ4n) is 2.49. The van der Waals surface area contributed by atoms with Crippen molar-refractivity contribution in [3.63, 3.8) is 0 Å². The molecular formula is C15H24N2. The molecule has 0 heterocycles. The van der Waals surface area contributed by atoms with Crippen molar-refractivity contribution in [2.24, 2.45) is 5.73 Å². The second-order valence-corrected chi connectivity index (χ2v) is 5.27. The van der Waals surface area contributed by atoms with Gasteiger partial charge in [-0.05, 0) is 56.3 Å². The minimum atomic E-state index is 0.476. The highest BCUT2D eigenvalue weighted by Crippen LogP contribution is 2.23. The number of nitrogens with zero attached hydrogens (tertiary/aromatic N) is 1. The van der Waals surface area contributed by atoms with Gasteiger partial charge in [0, 0.05) is 19.1 Å². The maximum Gasteiger partial charge on any atom is 0.0187 e. The number of likely N-dealkylation sites (N-methyl/N-ethyl adjacent to an activating group) is 1. The molecule has 2 heteroatoms. The molecular weight excluding hydrogens is 208 g/mol. The topological polar surface area (TPSA) is 29.3 Å². The minimum Gasteiger partial charge on any atom is -0.329 e. The molecule has 1 unspecified atom stereocenters. The molecule has 0 fully saturated rings. The van der Waals surface area contributed by atoms with Gasteiger partial charge in [0.25, 0.3) is 0 Å². The fourth-order valence-corrected chi connectivity index (χ4v) is 2.49. The Labute approximate surface area is 105 Å². The molecule has 0 saturated carbocycles. The van der Waals surface area contributed by atoms with E-state index < -0.39 is 0 Å². The van der Waals surface area contributed by atoms with Gasteiger partial charge in [0.2, 0.25) is 0 Å². The van der Waals surface area contributed by atoms with Crippen molar-refractivity contribution in [2.75, 3.05) is 20.1 Å². The van der Waals surface area contributed by atoms with Gasteiger partial charge >= 0.3 is 0 Å². The lowest BCUT2D eigenvalue weighted by molar-refractivity contribution is 0.266. The first kappa shape index (κ1) is 12.6. The summed E-state index contributed by atoms with van der Waals surface area (Å²) in [6.45, 7) is 4.01. The molecule has 2 nitrogen and oxygen atoms in total. The Balaban J connectivity index is 1.91. The Morgan fingerprint density at radius 2 is 2.06 bits per heavy atom. The first-order chi connectivity index (χ1) is 8.20. The van der Waals surface area contributed by atoms with Crippen LogP contribution in [0.25, 0.3) is 0 Å². The summed E-state index contributed by atoms with van der Waals surface area (Å²) in [5.41, 5.74) is 10.3. The number of fused-ring (bicyclic) bond motifs is 1. The van der Waals surface area contributed by atoms with Crippen molar-refractivity contribution in [3.05, 3.63) is 34.9 Å². The van der Waals surface area contributed by atoms with Crippen LogP contribution in [-0.4, -0.2) is 31.1 Å². The summed E-state index contributed by atoms with van der Waals surface area (Å²) in [5.74, 6) is 0. The maximum absolute atomic E-state index is 5.67. The van der Waals surface area contributed by atoms with Gasteiger partial charge in [-0.25, -0.2) is 0 Å². The molecule has 0 saturated heterocycles. The van der Waals surface area contributed by atoms with Gasteiger partial charge in [-0.15, -0.1) is 0 Å². The molecule has 2 rings (SSSR count). The number of aryl methyl sites for hydroxylation is 2. The average molecular weight is 232 g/mol. The third-order valence-electron chi connectivity index (χ3n) is 4.01. The normalized spacial score (nSPS) is 16.2. The summed E-state index contributed by atoms with van der Waals surface area (Å²) in [4.78, 5) is 2.34. The summed E-state index contributed by atoms with van der Waals surface area (Å²) in [6.07, 6.45) is 5.02. The first-order valence-corrected chi connectivity index (χ1v) is 6.71. The predicted octanol–water partition coefficient (Wildman–Crippen LogP) is 2.00. The van der Waals surface area contributed by atoms with Gasteiger partial charge in [0.05, 0.1) is 0 Å². The van der Waals surface area contributed by atoms with Crippen molar-refractivity contribution in [2.45, 2.75) is 38.6 Å². The van der Waals surface area contributed by atoms with E-state index in [1.165, 1.54) is 24.8 Å². The molecule has 0 bridgehead atoms. The van der Waals surface area contributed by atoms with Crippen LogP contribution in [0.1, 0.15) is 30.0 Å². The molecule has 1 aromatic carbocycles. The quantitative estimate of drug-likeness (QED) is 0.841. The number of rotatable bonds is 5. The van der Waals surface area contributed by atoms with Gasteiger partial charge in [-0.3, -0.25) is 0 Å². The van der Waals surface area contributed by atoms with E-state index >= 15 is 0 Å². The lowest BCUT2D eigenvalue weighted by Crippen LogP contribution is -2.36. The molecule has 1 aliphatic rings. The van der Waals surface area contributed by atoms with Crippen LogP contribution in [0.3, 0.4) is 0 Å². The Morgan fingerprint density at radius 3 is 2.82 bits per heavy atom. The van der Waals surface area contributed by atoms with Gasteiger partial charge in [0.15, 0.2) is 0 Å². The lowest BCUT2D eigenvalue weighted by atomic mass is 10.0. The molecule has 17 heavy (non-hydrogen) atoms. The summed E-state index contributed by atoms with van der Waals surface area (Å²) in [7, 11) is 2.16. The molecule has 0 spiro atoms. The molecule has 1 atom stereocenters. The summed E-state index contributed by atoms with van der Waals surface area (Å²) in [5, 5.41) is 0. The van der Waals surface area contributed by atoms with Crippen LogP contribution in [0, 0.1) is 0 Å². The average Bonchev–Trinajstić information content (AvgIpc) is 2.82. The number of hydrogen-bond acceptors (Lipinski definition) is 2. The zero-order valence-corrected chi connectivity index (χ0v) is 11.1. The van der Waals surface area contributed by atoms with Crippen molar-refractivity contribution < 1.29 is 0 Å². The highest BCUT2D eigenvalue weighted by molar-refractivity contribution is 5.35. The van der Waals surface area contributed by atoms with Crippen molar-refractivity contribution in [1.82, 2.24) is 4.90 Å². The van der Waals surface area contributed by atoms with Gasteiger partial charge in [0.1, 0.15) is 0 Å². The third-order valence-corrected chi connectivity index (χ3v) is 4.01. The second kappa shape index (κ2) is 5.65. The molecule has 0 aromatic heterocycles. The zero-order chi connectivity index (χ0) is 12.3. The van der Waals surface area contributed by atoms with Crippen molar-refractivity contribution in [3.8, 4) is 0 Å². The van der Waals surface area contributed by atoms with Crippen LogP contribution in [0.5, 0.6) is 0 Å². The van der Waals surface area contributed by atoms with Crippen LogP contribution in [0.2, 0.25) is 0 Å². The predicted molar refractivity (Wildman–Crippen MR) is 73.3 cm³/mol. The number of nitrogens with two attached hydrogens (primary N) is 1.